The second kappa shape index (κ2) is 4.75. The van der Waals surface area contributed by atoms with Crippen molar-refractivity contribution < 1.29 is 19.4 Å². The van der Waals surface area contributed by atoms with Crippen molar-refractivity contribution in [1.82, 2.24) is 0 Å². The van der Waals surface area contributed by atoms with Crippen LogP contribution in [-0.2, 0) is 14.3 Å². The van der Waals surface area contributed by atoms with Crippen molar-refractivity contribution in [2.75, 3.05) is 13.2 Å². The molecule has 4 heteroatoms. The first kappa shape index (κ1) is 12.2. The Hall–Kier alpha value is -0.900. The first-order valence-electron chi connectivity index (χ1n) is 5.44. The number of carbonyl (C=O) groups is 2. The van der Waals surface area contributed by atoms with Crippen molar-refractivity contribution >= 4 is 11.8 Å². The maximum atomic E-state index is 11.9. The molecule has 0 radical (unpaired) electrons. The summed E-state index contributed by atoms with van der Waals surface area (Å²) >= 11 is 0. The van der Waals surface area contributed by atoms with E-state index in [9.17, 15) is 14.7 Å². The Labute approximate surface area is 89.6 Å². The molecular formula is C11H18O4. The zero-order chi connectivity index (χ0) is 11.5. The number of carboxylic acid groups (broad SMARTS) is 1. The van der Waals surface area contributed by atoms with E-state index < -0.39 is 11.4 Å². The van der Waals surface area contributed by atoms with Crippen LogP contribution in [0.2, 0.25) is 0 Å². The fraction of sp³-hybridized carbons (Fsp3) is 0.818. The van der Waals surface area contributed by atoms with Gasteiger partial charge >= 0.3 is 5.97 Å². The first-order valence-corrected chi connectivity index (χ1v) is 5.44. The maximum Gasteiger partial charge on any atom is 0.319 e. The van der Waals surface area contributed by atoms with Gasteiger partial charge in [0.15, 0.2) is 11.2 Å². The van der Waals surface area contributed by atoms with E-state index in [2.05, 4.69) is 0 Å². The summed E-state index contributed by atoms with van der Waals surface area (Å²) in [7, 11) is 0. The Morgan fingerprint density at radius 2 is 2.13 bits per heavy atom. The smallest absolute Gasteiger partial charge is 0.319 e. The number of Topliss-reactive ketones (excluding diaryl/α,β-unsaturated/α-hetero) is 1. The number of aliphatic carboxylic acids is 1. The molecular weight excluding hydrogens is 196 g/mol. The molecule has 1 aliphatic rings. The maximum absolute atomic E-state index is 11.9. The highest BCUT2D eigenvalue weighted by atomic mass is 16.5. The summed E-state index contributed by atoms with van der Waals surface area (Å²) in [5.41, 5.74) is -1.29. The fourth-order valence-corrected chi connectivity index (χ4v) is 2.39. The number of ketones is 1. The Morgan fingerprint density at radius 1 is 1.53 bits per heavy atom. The molecule has 0 bridgehead atoms. The monoisotopic (exact) mass is 214 g/mol. The van der Waals surface area contributed by atoms with Crippen LogP contribution in [0.5, 0.6) is 0 Å². The number of rotatable bonds is 4. The van der Waals surface area contributed by atoms with Crippen molar-refractivity contribution in [3.05, 3.63) is 0 Å². The lowest BCUT2D eigenvalue weighted by Crippen LogP contribution is -2.52. The van der Waals surface area contributed by atoms with E-state index in [1.165, 1.54) is 0 Å². The molecule has 1 aliphatic heterocycles. The highest BCUT2D eigenvalue weighted by molar-refractivity contribution is 6.04. The fourth-order valence-electron chi connectivity index (χ4n) is 2.39. The largest absolute Gasteiger partial charge is 0.480 e. The number of carboxylic acids is 1. The standard InChI is InChI=1S/C11H18O4/c1-3-8(4-2)11(10(13)14)7-15-6-5-9(11)12/h8H,3-7H2,1-2H3,(H,13,14). The minimum Gasteiger partial charge on any atom is -0.480 e. The summed E-state index contributed by atoms with van der Waals surface area (Å²) in [5.74, 6) is -1.32. The van der Waals surface area contributed by atoms with Gasteiger partial charge in [-0.3, -0.25) is 9.59 Å². The molecule has 0 aliphatic carbocycles. The summed E-state index contributed by atoms with van der Waals surface area (Å²) in [6.07, 6.45) is 1.61. The molecule has 1 N–H and O–H groups in total. The Balaban J connectivity index is 3.05. The summed E-state index contributed by atoms with van der Waals surface area (Å²) in [4.78, 5) is 23.2. The van der Waals surface area contributed by atoms with E-state index in [-0.39, 0.29) is 24.7 Å². The minimum atomic E-state index is -1.29. The average molecular weight is 214 g/mol. The quantitative estimate of drug-likeness (QED) is 0.720. The molecule has 0 aromatic carbocycles. The van der Waals surface area contributed by atoms with Gasteiger partial charge in [-0.05, 0) is 5.92 Å². The molecule has 1 rings (SSSR count). The van der Waals surface area contributed by atoms with Crippen LogP contribution in [0.1, 0.15) is 33.1 Å². The van der Waals surface area contributed by atoms with Crippen LogP contribution in [0.4, 0.5) is 0 Å². The average Bonchev–Trinajstić information content (AvgIpc) is 2.22. The number of carbonyl (C=O) groups excluding carboxylic acids is 1. The van der Waals surface area contributed by atoms with Crippen molar-refractivity contribution in [1.29, 1.82) is 0 Å². The zero-order valence-electron chi connectivity index (χ0n) is 9.28. The Morgan fingerprint density at radius 3 is 2.53 bits per heavy atom. The molecule has 0 aromatic rings. The Kier molecular flexibility index (Phi) is 3.85. The van der Waals surface area contributed by atoms with Gasteiger partial charge in [-0.15, -0.1) is 0 Å². The SMILES string of the molecule is CCC(CC)C1(C(=O)O)COCCC1=O. The van der Waals surface area contributed by atoms with Crippen molar-refractivity contribution in [3.8, 4) is 0 Å². The third-order valence-corrected chi connectivity index (χ3v) is 3.36. The normalized spacial score (nSPS) is 27.0. The van der Waals surface area contributed by atoms with Gasteiger partial charge < -0.3 is 9.84 Å². The van der Waals surface area contributed by atoms with Gasteiger partial charge in [-0.25, -0.2) is 0 Å². The van der Waals surface area contributed by atoms with Crippen molar-refractivity contribution in [3.63, 3.8) is 0 Å². The summed E-state index contributed by atoms with van der Waals surface area (Å²) in [6, 6.07) is 0. The van der Waals surface area contributed by atoms with Crippen molar-refractivity contribution in [2.24, 2.45) is 11.3 Å². The molecule has 1 heterocycles. The first-order chi connectivity index (χ1) is 7.09. The van der Waals surface area contributed by atoms with Crippen LogP contribution in [-0.4, -0.2) is 30.1 Å². The summed E-state index contributed by atoms with van der Waals surface area (Å²) in [6.45, 7) is 4.23. The number of hydrogen-bond acceptors (Lipinski definition) is 3. The van der Waals surface area contributed by atoms with E-state index >= 15 is 0 Å². The highest BCUT2D eigenvalue weighted by Gasteiger charge is 2.52. The van der Waals surface area contributed by atoms with Gasteiger partial charge in [0.25, 0.3) is 0 Å². The van der Waals surface area contributed by atoms with E-state index in [4.69, 9.17) is 4.74 Å². The van der Waals surface area contributed by atoms with Gasteiger partial charge in [-0.1, -0.05) is 26.7 Å². The highest BCUT2D eigenvalue weighted by Crippen LogP contribution is 2.37. The topological polar surface area (TPSA) is 63.6 Å². The molecule has 86 valence electrons. The second-order valence-corrected chi connectivity index (χ2v) is 4.02. The number of hydrogen-bond donors (Lipinski definition) is 1. The van der Waals surface area contributed by atoms with Gasteiger partial charge in [0.05, 0.1) is 13.2 Å². The zero-order valence-corrected chi connectivity index (χ0v) is 9.28. The minimum absolute atomic E-state index is 0.0352. The van der Waals surface area contributed by atoms with Crippen LogP contribution in [0, 0.1) is 11.3 Å². The van der Waals surface area contributed by atoms with Gasteiger partial charge in [0, 0.05) is 6.42 Å². The molecule has 1 atom stereocenters. The molecule has 0 spiro atoms. The van der Waals surface area contributed by atoms with Gasteiger partial charge in [0.2, 0.25) is 0 Å². The van der Waals surface area contributed by atoms with Gasteiger partial charge in [-0.2, -0.15) is 0 Å². The predicted molar refractivity (Wildman–Crippen MR) is 54.6 cm³/mol. The predicted octanol–water partition coefficient (Wildman–Crippen LogP) is 1.48. The summed E-state index contributed by atoms with van der Waals surface area (Å²) < 4.78 is 5.20. The van der Waals surface area contributed by atoms with Crippen LogP contribution in [0.25, 0.3) is 0 Å². The van der Waals surface area contributed by atoms with Crippen LogP contribution >= 0.6 is 0 Å². The van der Waals surface area contributed by atoms with E-state index in [1.54, 1.807) is 0 Å². The third kappa shape index (κ3) is 1.91. The van der Waals surface area contributed by atoms with Gasteiger partial charge in [0.1, 0.15) is 0 Å². The number of ether oxygens (including phenoxy) is 1. The van der Waals surface area contributed by atoms with E-state index in [0.717, 1.165) is 0 Å². The molecule has 1 fully saturated rings. The molecule has 0 saturated carbocycles. The van der Waals surface area contributed by atoms with E-state index in [1.807, 2.05) is 13.8 Å². The third-order valence-electron chi connectivity index (χ3n) is 3.36. The lowest BCUT2D eigenvalue weighted by atomic mass is 9.68. The molecule has 0 aromatic heterocycles. The van der Waals surface area contributed by atoms with Crippen LogP contribution in [0.3, 0.4) is 0 Å². The van der Waals surface area contributed by atoms with Crippen LogP contribution < -0.4 is 0 Å². The van der Waals surface area contributed by atoms with Crippen molar-refractivity contribution in [2.45, 2.75) is 33.1 Å². The van der Waals surface area contributed by atoms with Crippen LogP contribution in [0.15, 0.2) is 0 Å². The molecule has 4 nitrogen and oxygen atoms in total. The lowest BCUT2D eigenvalue weighted by Gasteiger charge is -2.37. The second-order valence-electron chi connectivity index (χ2n) is 4.02. The lowest BCUT2D eigenvalue weighted by molar-refractivity contribution is -0.170. The molecule has 15 heavy (non-hydrogen) atoms. The van der Waals surface area contributed by atoms with E-state index in [0.29, 0.717) is 19.4 Å². The summed E-state index contributed by atoms with van der Waals surface area (Å²) in [5, 5.41) is 9.29. The molecule has 1 unspecified atom stereocenters. The molecule has 0 amide bonds. The Bertz CT molecular complexity index is 257. The molecule has 1 saturated heterocycles.